The van der Waals surface area contributed by atoms with Crippen LogP contribution in [0.1, 0.15) is 42.6 Å². The molecule has 1 N–H and O–H groups in total. The Labute approximate surface area is 102 Å². The van der Waals surface area contributed by atoms with Crippen molar-refractivity contribution >= 4 is 5.78 Å². The van der Waals surface area contributed by atoms with Crippen LogP contribution in [0.2, 0.25) is 0 Å². The van der Waals surface area contributed by atoms with Crippen LogP contribution in [0.15, 0.2) is 18.2 Å². The van der Waals surface area contributed by atoms with E-state index in [2.05, 4.69) is 19.2 Å². The molecule has 0 radical (unpaired) electrons. The van der Waals surface area contributed by atoms with E-state index in [0.29, 0.717) is 18.0 Å². The molecule has 1 aromatic carbocycles. The van der Waals surface area contributed by atoms with E-state index < -0.39 is 0 Å². The summed E-state index contributed by atoms with van der Waals surface area (Å²) in [5.74, 6) is -0.327. The summed E-state index contributed by atoms with van der Waals surface area (Å²) >= 11 is 0. The molecule has 1 aromatic rings. The van der Waals surface area contributed by atoms with E-state index in [1.807, 2.05) is 0 Å². The molecule has 0 amide bonds. The molecule has 3 heteroatoms. The Hall–Kier alpha value is -1.22. The molecule has 94 valence electrons. The predicted molar refractivity (Wildman–Crippen MR) is 67.8 cm³/mol. The van der Waals surface area contributed by atoms with Crippen molar-refractivity contribution in [3.8, 4) is 0 Å². The minimum Gasteiger partial charge on any atom is -0.315 e. The first-order valence-corrected chi connectivity index (χ1v) is 6.03. The fourth-order valence-electron chi connectivity index (χ4n) is 1.68. The average Bonchev–Trinajstić information content (AvgIpc) is 2.22. The fourth-order valence-corrected chi connectivity index (χ4v) is 1.68. The van der Waals surface area contributed by atoms with Crippen molar-refractivity contribution in [2.24, 2.45) is 0 Å². The normalized spacial score (nSPS) is 10.9. The van der Waals surface area contributed by atoms with Crippen LogP contribution in [-0.4, -0.2) is 18.4 Å². The smallest absolute Gasteiger partial charge is 0.163 e. The van der Waals surface area contributed by atoms with Gasteiger partial charge < -0.3 is 5.32 Å². The highest BCUT2D eigenvalue weighted by Gasteiger charge is 2.07. The highest BCUT2D eigenvalue weighted by Crippen LogP contribution is 2.11. The molecule has 1 rings (SSSR count). The number of carbonyl (C=O) groups is 1. The second-order valence-electron chi connectivity index (χ2n) is 4.65. The topological polar surface area (TPSA) is 29.1 Å². The van der Waals surface area contributed by atoms with Crippen LogP contribution in [-0.2, 0) is 0 Å². The lowest BCUT2D eigenvalue weighted by Gasteiger charge is -2.07. The molecule has 0 bridgehead atoms. The number of hydrogen-bond acceptors (Lipinski definition) is 2. The Balaban J connectivity index is 2.47. The van der Waals surface area contributed by atoms with E-state index in [9.17, 15) is 9.18 Å². The van der Waals surface area contributed by atoms with Gasteiger partial charge in [-0.05, 0) is 43.7 Å². The zero-order valence-electron chi connectivity index (χ0n) is 10.7. The standard InChI is InChI=1S/C14H20FNO/c1-10(2)16-6-4-5-14(17)12-7-11(3)8-13(15)9-12/h7-10,16H,4-6H2,1-3H3. The molecule has 0 saturated carbocycles. The molecular formula is C14H20FNO. The molecule has 0 atom stereocenters. The Kier molecular flexibility index (Phi) is 5.29. The van der Waals surface area contributed by atoms with Gasteiger partial charge in [0, 0.05) is 18.0 Å². The third kappa shape index (κ3) is 5.09. The number of rotatable bonds is 6. The van der Waals surface area contributed by atoms with Crippen LogP contribution in [0.25, 0.3) is 0 Å². The summed E-state index contributed by atoms with van der Waals surface area (Å²) < 4.78 is 13.1. The molecular weight excluding hydrogens is 217 g/mol. The van der Waals surface area contributed by atoms with Crippen molar-refractivity contribution in [3.63, 3.8) is 0 Å². The van der Waals surface area contributed by atoms with Gasteiger partial charge in [-0.1, -0.05) is 13.8 Å². The minimum absolute atomic E-state index is 0.0122. The van der Waals surface area contributed by atoms with E-state index in [1.54, 1.807) is 13.0 Å². The summed E-state index contributed by atoms with van der Waals surface area (Å²) in [6.45, 7) is 6.74. The van der Waals surface area contributed by atoms with Gasteiger partial charge in [0.05, 0.1) is 0 Å². The largest absolute Gasteiger partial charge is 0.315 e. The number of Topliss-reactive ketones (excluding diaryl/α,β-unsaturated/α-hetero) is 1. The molecule has 0 saturated heterocycles. The predicted octanol–water partition coefficient (Wildman–Crippen LogP) is 3.10. The maximum atomic E-state index is 13.1. The van der Waals surface area contributed by atoms with Gasteiger partial charge >= 0.3 is 0 Å². The zero-order valence-corrected chi connectivity index (χ0v) is 10.7. The van der Waals surface area contributed by atoms with E-state index in [4.69, 9.17) is 0 Å². The summed E-state index contributed by atoms with van der Waals surface area (Å²) in [5.41, 5.74) is 1.26. The zero-order chi connectivity index (χ0) is 12.8. The van der Waals surface area contributed by atoms with Gasteiger partial charge in [0.1, 0.15) is 5.82 Å². The van der Waals surface area contributed by atoms with E-state index in [1.165, 1.54) is 12.1 Å². The Morgan fingerprint density at radius 2 is 2.06 bits per heavy atom. The first-order chi connectivity index (χ1) is 7.99. The molecule has 2 nitrogen and oxygen atoms in total. The van der Waals surface area contributed by atoms with Gasteiger partial charge in [0.15, 0.2) is 5.78 Å². The monoisotopic (exact) mass is 237 g/mol. The fraction of sp³-hybridized carbons (Fsp3) is 0.500. The van der Waals surface area contributed by atoms with Gasteiger partial charge in [-0.15, -0.1) is 0 Å². The minimum atomic E-state index is -0.339. The van der Waals surface area contributed by atoms with Crippen molar-refractivity contribution in [2.45, 2.75) is 39.7 Å². The SMILES string of the molecule is Cc1cc(F)cc(C(=O)CCCNC(C)C)c1. The Morgan fingerprint density at radius 1 is 1.35 bits per heavy atom. The maximum Gasteiger partial charge on any atom is 0.163 e. The third-order valence-electron chi connectivity index (χ3n) is 2.50. The molecule has 0 heterocycles. The van der Waals surface area contributed by atoms with Crippen molar-refractivity contribution in [2.75, 3.05) is 6.54 Å². The molecule has 17 heavy (non-hydrogen) atoms. The quantitative estimate of drug-likeness (QED) is 0.608. The van der Waals surface area contributed by atoms with Crippen LogP contribution >= 0.6 is 0 Å². The number of carbonyl (C=O) groups excluding carboxylic acids is 1. The van der Waals surface area contributed by atoms with Gasteiger partial charge in [0.2, 0.25) is 0 Å². The van der Waals surface area contributed by atoms with Gasteiger partial charge in [-0.3, -0.25) is 4.79 Å². The number of nitrogens with one attached hydrogen (secondary N) is 1. The summed E-state index contributed by atoms with van der Waals surface area (Å²) in [5, 5.41) is 3.25. The van der Waals surface area contributed by atoms with Crippen LogP contribution in [0.3, 0.4) is 0 Å². The molecule has 0 aliphatic rings. The molecule has 0 unspecified atom stereocenters. The molecule has 0 fully saturated rings. The number of aryl methyl sites for hydroxylation is 1. The van der Waals surface area contributed by atoms with Crippen LogP contribution in [0.5, 0.6) is 0 Å². The first-order valence-electron chi connectivity index (χ1n) is 6.03. The third-order valence-corrected chi connectivity index (χ3v) is 2.50. The van der Waals surface area contributed by atoms with Crippen molar-refractivity contribution < 1.29 is 9.18 Å². The van der Waals surface area contributed by atoms with Gasteiger partial charge in [-0.25, -0.2) is 4.39 Å². The number of ketones is 1. The average molecular weight is 237 g/mol. The lowest BCUT2D eigenvalue weighted by atomic mass is 10.0. The van der Waals surface area contributed by atoms with E-state index in [0.717, 1.165) is 18.5 Å². The van der Waals surface area contributed by atoms with Crippen LogP contribution in [0, 0.1) is 12.7 Å². The molecule has 0 aromatic heterocycles. The lowest BCUT2D eigenvalue weighted by molar-refractivity contribution is 0.0979. The highest BCUT2D eigenvalue weighted by atomic mass is 19.1. The highest BCUT2D eigenvalue weighted by molar-refractivity contribution is 5.96. The first kappa shape index (κ1) is 13.8. The molecule has 0 aliphatic carbocycles. The number of benzene rings is 1. The van der Waals surface area contributed by atoms with Gasteiger partial charge in [0.25, 0.3) is 0 Å². The van der Waals surface area contributed by atoms with Crippen LogP contribution in [0.4, 0.5) is 4.39 Å². The summed E-state index contributed by atoms with van der Waals surface area (Å²) in [6.07, 6.45) is 1.25. The van der Waals surface area contributed by atoms with Crippen molar-refractivity contribution in [1.29, 1.82) is 0 Å². The number of hydrogen-bond donors (Lipinski definition) is 1. The second-order valence-corrected chi connectivity index (χ2v) is 4.65. The van der Waals surface area contributed by atoms with Crippen LogP contribution < -0.4 is 5.32 Å². The maximum absolute atomic E-state index is 13.1. The summed E-state index contributed by atoms with van der Waals surface area (Å²) in [7, 11) is 0. The Bertz CT molecular complexity index is 368. The summed E-state index contributed by atoms with van der Waals surface area (Å²) in [4.78, 5) is 11.8. The molecule has 0 spiro atoms. The second kappa shape index (κ2) is 6.50. The van der Waals surface area contributed by atoms with Gasteiger partial charge in [-0.2, -0.15) is 0 Å². The Morgan fingerprint density at radius 3 is 2.65 bits per heavy atom. The lowest BCUT2D eigenvalue weighted by Crippen LogP contribution is -2.24. The van der Waals surface area contributed by atoms with Crippen molar-refractivity contribution in [1.82, 2.24) is 5.32 Å². The van der Waals surface area contributed by atoms with E-state index in [-0.39, 0.29) is 11.6 Å². The number of halogens is 1. The summed E-state index contributed by atoms with van der Waals surface area (Å²) in [6, 6.07) is 4.91. The van der Waals surface area contributed by atoms with E-state index >= 15 is 0 Å². The van der Waals surface area contributed by atoms with Crippen molar-refractivity contribution in [3.05, 3.63) is 35.1 Å². The molecule has 0 aliphatic heterocycles.